The van der Waals surface area contributed by atoms with Crippen LogP contribution in [0.25, 0.3) is 0 Å². The topological polar surface area (TPSA) is 29.3 Å². The second-order valence-electron chi connectivity index (χ2n) is 4.65. The number of nitrogens with two attached hydrogens (primary N) is 1. The van der Waals surface area contributed by atoms with Gasteiger partial charge in [-0.15, -0.1) is 0 Å². The Morgan fingerprint density at radius 3 is 2.59 bits per heavy atom. The Morgan fingerprint density at radius 2 is 2.00 bits per heavy atom. The second-order valence-corrected chi connectivity index (χ2v) is 4.65. The number of nitrogens with zero attached hydrogens (tertiary/aromatic N) is 1. The zero-order valence-corrected chi connectivity index (χ0v) is 10.00. The third-order valence-corrected chi connectivity index (χ3v) is 3.56. The van der Waals surface area contributed by atoms with Gasteiger partial charge in [0.25, 0.3) is 0 Å². The van der Waals surface area contributed by atoms with E-state index in [1.807, 2.05) is 6.92 Å². The molecule has 0 spiro atoms. The molecule has 17 heavy (non-hydrogen) atoms. The lowest BCUT2D eigenvalue weighted by molar-refractivity contribution is 0.196. The highest BCUT2D eigenvalue weighted by Gasteiger charge is 2.28. The highest BCUT2D eigenvalue weighted by molar-refractivity contribution is 5.21. The van der Waals surface area contributed by atoms with E-state index in [1.54, 1.807) is 0 Å². The molecule has 0 saturated carbocycles. The number of hydrogen-bond acceptors (Lipinski definition) is 2. The molecule has 2 atom stereocenters. The summed E-state index contributed by atoms with van der Waals surface area (Å²) in [6.07, 6.45) is 2.17. The van der Waals surface area contributed by atoms with Crippen molar-refractivity contribution in [3.8, 4) is 0 Å². The summed E-state index contributed by atoms with van der Waals surface area (Å²) >= 11 is 0. The molecule has 94 valence electrons. The summed E-state index contributed by atoms with van der Waals surface area (Å²) in [5, 5.41) is 0. The first kappa shape index (κ1) is 12.5. The van der Waals surface area contributed by atoms with Crippen LogP contribution in [0.1, 0.15) is 31.4 Å². The maximum atomic E-state index is 13.2. The van der Waals surface area contributed by atoms with Crippen molar-refractivity contribution >= 4 is 0 Å². The Labute approximate surface area is 100 Å². The Morgan fingerprint density at radius 1 is 1.35 bits per heavy atom. The molecule has 0 aromatic heterocycles. The van der Waals surface area contributed by atoms with Gasteiger partial charge in [0.2, 0.25) is 0 Å². The van der Waals surface area contributed by atoms with E-state index in [1.165, 1.54) is 12.1 Å². The molecule has 1 aliphatic heterocycles. The normalized spacial score (nSPS) is 22.9. The monoisotopic (exact) mass is 240 g/mol. The molecule has 1 saturated heterocycles. The van der Waals surface area contributed by atoms with Crippen LogP contribution in [0.3, 0.4) is 0 Å². The molecule has 2 unspecified atom stereocenters. The molecule has 0 amide bonds. The van der Waals surface area contributed by atoms with Crippen LogP contribution in [0, 0.1) is 11.6 Å². The lowest BCUT2D eigenvalue weighted by atomic mass is 10.1. The van der Waals surface area contributed by atoms with Crippen molar-refractivity contribution in [1.29, 1.82) is 0 Å². The fourth-order valence-corrected chi connectivity index (χ4v) is 2.63. The van der Waals surface area contributed by atoms with Gasteiger partial charge >= 0.3 is 0 Å². The largest absolute Gasteiger partial charge is 0.329 e. The Kier molecular flexibility index (Phi) is 3.74. The molecule has 1 fully saturated rings. The standard InChI is InChI=1S/C13H18F2N2/c1-9(17-4-2-3-13(17)8-16)10-5-11(14)7-12(15)6-10/h5-7,9,13H,2-4,8,16H2,1H3. The van der Waals surface area contributed by atoms with E-state index in [0.717, 1.165) is 25.5 Å². The molecule has 1 heterocycles. The minimum Gasteiger partial charge on any atom is -0.329 e. The van der Waals surface area contributed by atoms with Crippen molar-refractivity contribution in [3.05, 3.63) is 35.4 Å². The van der Waals surface area contributed by atoms with Gasteiger partial charge in [0, 0.05) is 24.7 Å². The number of hydrogen-bond donors (Lipinski definition) is 1. The lowest BCUT2D eigenvalue weighted by Gasteiger charge is -2.30. The summed E-state index contributed by atoms with van der Waals surface area (Å²) in [5.74, 6) is -1.04. The SMILES string of the molecule is CC(c1cc(F)cc(F)c1)N1CCCC1CN. The van der Waals surface area contributed by atoms with Gasteiger partial charge in [-0.1, -0.05) is 0 Å². The van der Waals surface area contributed by atoms with Crippen molar-refractivity contribution in [2.75, 3.05) is 13.1 Å². The van der Waals surface area contributed by atoms with Gasteiger partial charge in [-0.25, -0.2) is 8.78 Å². The molecule has 2 N–H and O–H groups in total. The predicted molar refractivity (Wildman–Crippen MR) is 63.6 cm³/mol. The van der Waals surface area contributed by atoms with Gasteiger partial charge in [0.15, 0.2) is 0 Å². The number of rotatable bonds is 3. The third-order valence-electron chi connectivity index (χ3n) is 3.56. The average Bonchev–Trinajstić information content (AvgIpc) is 2.74. The Hall–Kier alpha value is -1.00. The number of likely N-dealkylation sites (tertiary alicyclic amines) is 1. The molecule has 0 aliphatic carbocycles. The fourth-order valence-electron chi connectivity index (χ4n) is 2.63. The van der Waals surface area contributed by atoms with Crippen LogP contribution in [0.15, 0.2) is 18.2 Å². The lowest BCUT2D eigenvalue weighted by Crippen LogP contribution is -2.37. The fraction of sp³-hybridized carbons (Fsp3) is 0.538. The van der Waals surface area contributed by atoms with E-state index in [-0.39, 0.29) is 6.04 Å². The molecule has 1 aromatic carbocycles. The molecule has 2 rings (SSSR count). The van der Waals surface area contributed by atoms with Gasteiger partial charge in [-0.2, -0.15) is 0 Å². The van der Waals surface area contributed by atoms with Crippen LogP contribution in [0.2, 0.25) is 0 Å². The maximum absolute atomic E-state index is 13.2. The van der Waals surface area contributed by atoms with E-state index < -0.39 is 11.6 Å². The third kappa shape index (κ3) is 2.64. The molecule has 1 aromatic rings. The second kappa shape index (κ2) is 5.10. The van der Waals surface area contributed by atoms with Crippen molar-refractivity contribution in [2.45, 2.75) is 31.8 Å². The van der Waals surface area contributed by atoms with Crippen LogP contribution in [0.4, 0.5) is 8.78 Å². The van der Waals surface area contributed by atoms with Crippen molar-refractivity contribution in [3.63, 3.8) is 0 Å². The molecular formula is C13H18F2N2. The summed E-state index contributed by atoms with van der Waals surface area (Å²) < 4.78 is 26.3. The first-order valence-corrected chi connectivity index (χ1v) is 6.03. The first-order chi connectivity index (χ1) is 8.11. The summed E-state index contributed by atoms with van der Waals surface area (Å²) in [7, 11) is 0. The maximum Gasteiger partial charge on any atom is 0.126 e. The predicted octanol–water partition coefficient (Wildman–Crippen LogP) is 2.45. The van der Waals surface area contributed by atoms with Crippen LogP contribution >= 0.6 is 0 Å². The van der Waals surface area contributed by atoms with Gasteiger partial charge in [-0.05, 0) is 44.0 Å². The smallest absolute Gasteiger partial charge is 0.126 e. The van der Waals surface area contributed by atoms with Crippen LogP contribution < -0.4 is 5.73 Å². The van der Waals surface area contributed by atoms with Crippen molar-refractivity contribution < 1.29 is 8.78 Å². The average molecular weight is 240 g/mol. The summed E-state index contributed by atoms with van der Waals surface area (Å²) in [5.41, 5.74) is 6.39. The van der Waals surface area contributed by atoms with E-state index >= 15 is 0 Å². The van der Waals surface area contributed by atoms with Gasteiger partial charge < -0.3 is 5.73 Å². The highest BCUT2D eigenvalue weighted by atomic mass is 19.1. The molecule has 0 radical (unpaired) electrons. The first-order valence-electron chi connectivity index (χ1n) is 6.03. The molecule has 2 nitrogen and oxygen atoms in total. The summed E-state index contributed by atoms with van der Waals surface area (Å²) in [6, 6.07) is 4.05. The molecule has 0 bridgehead atoms. The number of benzene rings is 1. The van der Waals surface area contributed by atoms with Gasteiger partial charge in [0.1, 0.15) is 11.6 Å². The van der Waals surface area contributed by atoms with E-state index in [0.29, 0.717) is 18.2 Å². The molecule has 1 aliphatic rings. The minimum absolute atomic E-state index is 0.0104. The molecule has 4 heteroatoms. The van der Waals surface area contributed by atoms with E-state index in [4.69, 9.17) is 5.73 Å². The highest BCUT2D eigenvalue weighted by Crippen LogP contribution is 2.29. The summed E-state index contributed by atoms with van der Waals surface area (Å²) in [4.78, 5) is 2.23. The quantitative estimate of drug-likeness (QED) is 0.879. The zero-order chi connectivity index (χ0) is 12.4. The van der Waals surface area contributed by atoms with E-state index in [2.05, 4.69) is 4.90 Å². The number of halogens is 2. The van der Waals surface area contributed by atoms with Crippen LogP contribution in [0.5, 0.6) is 0 Å². The zero-order valence-electron chi connectivity index (χ0n) is 10.00. The van der Waals surface area contributed by atoms with Crippen LogP contribution in [-0.2, 0) is 0 Å². The van der Waals surface area contributed by atoms with Gasteiger partial charge in [0.05, 0.1) is 0 Å². The van der Waals surface area contributed by atoms with Gasteiger partial charge in [-0.3, -0.25) is 4.90 Å². The van der Waals surface area contributed by atoms with Crippen LogP contribution in [-0.4, -0.2) is 24.0 Å². The van der Waals surface area contributed by atoms with E-state index in [9.17, 15) is 8.78 Å². The Balaban J connectivity index is 2.21. The Bertz CT molecular complexity index is 375. The van der Waals surface area contributed by atoms with Crippen molar-refractivity contribution in [2.24, 2.45) is 5.73 Å². The summed E-state index contributed by atoms with van der Waals surface area (Å²) in [6.45, 7) is 3.52. The minimum atomic E-state index is -0.518. The molecular weight excluding hydrogens is 222 g/mol. The van der Waals surface area contributed by atoms with Crippen molar-refractivity contribution in [1.82, 2.24) is 4.90 Å².